The molecule has 0 spiro atoms. The van der Waals surface area contributed by atoms with Gasteiger partial charge in [0, 0.05) is 6.42 Å². The minimum atomic E-state index is -1.57. The molecule has 1 rings (SSSR count). The molecule has 0 radical (unpaired) electrons. The molecule has 1 saturated heterocycles. The number of rotatable bonds is 28. The number of amides is 1. The number of aliphatic hydroxyl groups excluding tert-OH is 5. The number of nitrogens with one attached hydrogen (secondary N) is 1. The first-order valence-electron chi connectivity index (χ1n) is 18.2. The summed E-state index contributed by atoms with van der Waals surface area (Å²) in [6.07, 6.45) is 24.9. The molecule has 7 atom stereocenters. The highest BCUT2D eigenvalue weighted by Gasteiger charge is 2.44. The smallest absolute Gasteiger partial charge is 0.220 e. The van der Waals surface area contributed by atoms with Gasteiger partial charge >= 0.3 is 0 Å². The Morgan fingerprint density at radius 1 is 0.739 bits per heavy atom. The van der Waals surface area contributed by atoms with Crippen LogP contribution in [0.1, 0.15) is 136 Å². The zero-order chi connectivity index (χ0) is 33.8. The van der Waals surface area contributed by atoms with E-state index < -0.39 is 49.5 Å². The van der Waals surface area contributed by atoms with Gasteiger partial charge in [-0.1, -0.05) is 127 Å². The highest BCUT2D eigenvalue weighted by Crippen LogP contribution is 2.22. The van der Waals surface area contributed by atoms with Gasteiger partial charge in [-0.05, 0) is 38.5 Å². The van der Waals surface area contributed by atoms with Crippen LogP contribution in [0.4, 0.5) is 0 Å². The van der Waals surface area contributed by atoms with E-state index in [4.69, 9.17) is 9.47 Å². The Balaban J connectivity index is 2.54. The summed E-state index contributed by atoms with van der Waals surface area (Å²) in [5, 5.41) is 53.7. The van der Waals surface area contributed by atoms with Crippen molar-refractivity contribution in [3.63, 3.8) is 0 Å². The Kier molecular flexibility index (Phi) is 26.2. The van der Waals surface area contributed by atoms with Crippen molar-refractivity contribution in [2.24, 2.45) is 0 Å². The Hall–Kier alpha value is -1.59. The normalized spacial score (nSPS) is 23.5. The Morgan fingerprint density at radius 2 is 1.28 bits per heavy atom. The number of carbonyl (C=O) groups excluding carboxylic acids is 1. The summed E-state index contributed by atoms with van der Waals surface area (Å²) in [5.41, 5.74) is 0. The van der Waals surface area contributed by atoms with Crippen LogP contribution in [0.15, 0.2) is 36.5 Å². The van der Waals surface area contributed by atoms with Gasteiger partial charge in [0.15, 0.2) is 6.29 Å². The summed E-state index contributed by atoms with van der Waals surface area (Å²) in [6.45, 7) is 3.66. The summed E-state index contributed by atoms with van der Waals surface area (Å²) in [4.78, 5) is 12.8. The topological polar surface area (TPSA) is 149 Å². The molecular formula is C37H67NO8. The molecule has 0 aromatic heterocycles. The van der Waals surface area contributed by atoms with E-state index in [9.17, 15) is 30.3 Å². The third kappa shape index (κ3) is 19.9. The largest absolute Gasteiger partial charge is 0.394 e. The maximum absolute atomic E-state index is 12.8. The Bertz CT molecular complexity index is 817. The lowest BCUT2D eigenvalue weighted by Gasteiger charge is -2.40. The predicted molar refractivity (Wildman–Crippen MR) is 184 cm³/mol. The van der Waals surface area contributed by atoms with Crippen molar-refractivity contribution in [3.05, 3.63) is 36.5 Å². The van der Waals surface area contributed by atoms with Crippen LogP contribution in [-0.2, 0) is 14.3 Å². The molecule has 1 amide bonds. The molecule has 0 bridgehead atoms. The standard InChI is InChI=1S/C37H67NO8/c1-3-5-7-9-11-13-15-16-17-19-21-23-25-27-33(41)38-30(29-45-37-36(44)35(43)34(42)32(28-39)46-37)31(40)26-24-22-20-18-14-12-10-8-6-4-2/h16-17,21,23-24,26,30-32,34-37,39-40,42-44H,3-15,18-20,22,25,27-29H2,1-2H3,(H,38,41)/b17-16-,23-21-,26-24+. The highest BCUT2D eigenvalue weighted by atomic mass is 16.7. The molecule has 0 saturated carbocycles. The molecule has 1 aliphatic rings. The monoisotopic (exact) mass is 653 g/mol. The van der Waals surface area contributed by atoms with Crippen LogP contribution in [0.25, 0.3) is 0 Å². The van der Waals surface area contributed by atoms with Crippen LogP contribution < -0.4 is 5.32 Å². The van der Waals surface area contributed by atoms with E-state index in [1.54, 1.807) is 6.08 Å². The second-order valence-electron chi connectivity index (χ2n) is 12.7. The van der Waals surface area contributed by atoms with Crippen LogP contribution >= 0.6 is 0 Å². The molecule has 7 unspecified atom stereocenters. The zero-order valence-electron chi connectivity index (χ0n) is 28.8. The Morgan fingerprint density at radius 3 is 1.87 bits per heavy atom. The van der Waals surface area contributed by atoms with Crippen LogP contribution in [-0.4, -0.2) is 87.5 Å². The number of hydrogen-bond donors (Lipinski definition) is 6. The van der Waals surface area contributed by atoms with Crippen molar-refractivity contribution >= 4 is 5.91 Å². The van der Waals surface area contributed by atoms with Gasteiger partial charge in [0.2, 0.25) is 5.91 Å². The first kappa shape index (κ1) is 42.4. The first-order chi connectivity index (χ1) is 22.3. The van der Waals surface area contributed by atoms with Gasteiger partial charge in [0.1, 0.15) is 24.4 Å². The number of carbonyl (C=O) groups is 1. The van der Waals surface area contributed by atoms with Crippen LogP contribution in [0.3, 0.4) is 0 Å². The van der Waals surface area contributed by atoms with Gasteiger partial charge in [0.25, 0.3) is 0 Å². The number of allylic oxidation sites excluding steroid dienone is 5. The van der Waals surface area contributed by atoms with Crippen molar-refractivity contribution in [1.82, 2.24) is 5.32 Å². The van der Waals surface area contributed by atoms with Crippen LogP contribution in [0.5, 0.6) is 0 Å². The number of hydrogen-bond acceptors (Lipinski definition) is 8. The molecule has 6 N–H and O–H groups in total. The van der Waals surface area contributed by atoms with Crippen molar-refractivity contribution in [2.75, 3.05) is 13.2 Å². The third-order valence-electron chi connectivity index (χ3n) is 8.47. The summed E-state index contributed by atoms with van der Waals surface area (Å²) >= 11 is 0. The average molecular weight is 654 g/mol. The molecule has 0 aliphatic carbocycles. The molecule has 1 heterocycles. The Labute approximate surface area is 279 Å². The second-order valence-corrected chi connectivity index (χ2v) is 12.7. The van der Waals surface area contributed by atoms with Gasteiger partial charge in [0.05, 0.1) is 25.4 Å². The van der Waals surface area contributed by atoms with Crippen LogP contribution in [0.2, 0.25) is 0 Å². The third-order valence-corrected chi connectivity index (χ3v) is 8.47. The van der Waals surface area contributed by atoms with E-state index in [2.05, 4.69) is 31.3 Å². The van der Waals surface area contributed by atoms with E-state index in [-0.39, 0.29) is 18.9 Å². The second kappa shape index (κ2) is 28.4. The minimum absolute atomic E-state index is 0.211. The molecule has 9 heteroatoms. The van der Waals surface area contributed by atoms with Crippen molar-refractivity contribution in [2.45, 2.75) is 179 Å². The summed E-state index contributed by atoms with van der Waals surface area (Å²) in [6, 6.07) is -0.830. The first-order valence-corrected chi connectivity index (χ1v) is 18.2. The van der Waals surface area contributed by atoms with Crippen LogP contribution in [0, 0.1) is 0 Å². The van der Waals surface area contributed by atoms with Gasteiger partial charge < -0.3 is 40.3 Å². The van der Waals surface area contributed by atoms with E-state index in [1.807, 2.05) is 18.2 Å². The highest BCUT2D eigenvalue weighted by molar-refractivity contribution is 5.76. The summed E-state index contributed by atoms with van der Waals surface area (Å²) < 4.78 is 11.1. The fraction of sp³-hybridized carbons (Fsp3) is 0.811. The molecule has 1 aliphatic heterocycles. The lowest BCUT2D eigenvalue weighted by atomic mass is 9.99. The molecule has 1 fully saturated rings. The number of ether oxygens (including phenoxy) is 2. The van der Waals surface area contributed by atoms with Gasteiger partial charge in [-0.2, -0.15) is 0 Å². The van der Waals surface area contributed by atoms with E-state index in [0.717, 1.165) is 32.1 Å². The lowest BCUT2D eigenvalue weighted by Crippen LogP contribution is -2.60. The molecule has 9 nitrogen and oxygen atoms in total. The average Bonchev–Trinajstić information content (AvgIpc) is 3.05. The van der Waals surface area contributed by atoms with Gasteiger partial charge in [-0.3, -0.25) is 4.79 Å². The summed E-state index contributed by atoms with van der Waals surface area (Å²) in [5.74, 6) is -0.249. The molecule has 46 heavy (non-hydrogen) atoms. The van der Waals surface area contributed by atoms with E-state index in [0.29, 0.717) is 6.42 Å². The maximum atomic E-state index is 12.8. The van der Waals surface area contributed by atoms with Crippen molar-refractivity contribution in [1.29, 1.82) is 0 Å². The van der Waals surface area contributed by atoms with Gasteiger partial charge in [-0.15, -0.1) is 0 Å². The fourth-order valence-electron chi connectivity index (χ4n) is 5.44. The maximum Gasteiger partial charge on any atom is 0.220 e. The fourth-order valence-corrected chi connectivity index (χ4v) is 5.44. The lowest BCUT2D eigenvalue weighted by molar-refractivity contribution is -0.302. The quantitative estimate of drug-likeness (QED) is 0.0461. The van der Waals surface area contributed by atoms with E-state index in [1.165, 1.54) is 77.0 Å². The van der Waals surface area contributed by atoms with Crippen molar-refractivity contribution in [3.8, 4) is 0 Å². The number of aliphatic hydroxyl groups is 5. The molecule has 0 aromatic carbocycles. The van der Waals surface area contributed by atoms with Crippen molar-refractivity contribution < 1.29 is 39.8 Å². The predicted octanol–water partition coefficient (Wildman–Crippen LogP) is 5.77. The minimum Gasteiger partial charge on any atom is -0.394 e. The molecule has 0 aromatic rings. The zero-order valence-corrected chi connectivity index (χ0v) is 28.8. The van der Waals surface area contributed by atoms with E-state index >= 15 is 0 Å². The summed E-state index contributed by atoms with van der Waals surface area (Å²) in [7, 11) is 0. The SMILES string of the molecule is CCCCCCCC/C=C\C/C=C\CCC(=O)NC(COC1OC(CO)C(O)C(O)C1O)C(O)/C=C/CCCCCCCCCC. The number of unbranched alkanes of at least 4 members (excludes halogenated alkanes) is 14. The van der Waals surface area contributed by atoms with Gasteiger partial charge in [-0.25, -0.2) is 0 Å². The molecule has 268 valence electrons. The molecular weight excluding hydrogens is 586 g/mol.